The molecule has 1 spiro atoms. The molecule has 156 valence electrons. The number of hydrogen-bond acceptors (Lipinski definition) is 3. The third kappa shape index (κ3) is 4.06. The molecular weight excluding hydrogens is 477 g/mol. The molecule has 0 radical (unpaired) electrons. The van der Waals surface area contributed by atoms with E-state index in [2.05, 4.69) is 34.9 Å². The van der Waals surface area contributed by atoms with Gasteiger partial charge in [-0.3, -0.25) is 0 Å². The maximum atomic E-state index is 6.07. The van der Waals surface area contributed by atoms with Crippen molar-refractivity contribution in [2.45, 2.75) is 50.8 Å². The molecule has 5 nitrogen and oxygen atoms in total. The highest BCUT2D eigenvalue weighted by atomic mass is 127. The van der Waals surface area contributed by atoms with Gasteiger partial charge in [-0.2, -0.15) is 0 Å². The Morgan fingerprint density at radius 1 is 1.14 bits per heavy atom. The number of halogens is 1. The van der Waals surface area contributed by atoms with Crippen LogP contribution in [0.15, 0.2) is 58.1 Å². The third-order valence-electron chi connectivity index (χ3n) is 6.83. The smallest absolute Gasteiger partial charge is 0.191 e. The molecule has 3 unspecified atom stereocenters. The minimum Gasteiger partial charge on any atom is -0.469 e. The first-order valence-electron chi connectivity index (χ1n) is 10.6. The average molecular weight is 507 g/mol. The molecule has 5 rings (SSSR count). The van der Waals surface area contributed by atoms with Crippen LogP contribution in [0.3, 0.4) is 0 Å². The van der Waals surface area contributed by atoms with Crippen molar-refractivity contribution < 1.29 is 9.15 Å². The molecule has 3 atom stereocenters. The number of benzene rings is 1. The lowest BCUT2D eigenvalue weighted by molar-refractivity contribution is -0.171. The van der Waals surface area contributed by atoms with Crippen LogP contribution in [-0.4, -0.2) is 31.3 Å². The number of nitrogens with one attached hydrogen (secondary N) is 2. The predicted octanol–water partition coefficient (Wildman–Crippen LogP) is 4.13. The summed E-state index contributed by atoms with van der Waals surface area (Å²) in [5.41, 5.74) is 1.57. The van der Waals surface area contributed by atoms with E-state index in [4.69, 9.17) is 14.1 Å². The Kier molecular flexibility index (Phi) is 6.49. The van der Waals surface area contributed by atoms with E-state index in [9.17, 15) is 0 Å². The number of guanidine groups is 1. The van der Waals surface area contributed by atoms with Crippen molar-refractivity contribution in [3.8, 4) is 0 Å². The maximum Gasteiger partial charge on any atom is 0.191 e. The molecule has 3 fully saturated rings. The van der Waals surface area contributed by atoms with E-state index in [0.717, 1.165) is 31.3 Å². The van der Waals surface area contributed by atoms with Crippen LogP contribution >= 0.6 is 24.0 Å². The number of hydrogen-bond donors (Lipinski definition) is 2. The second-order valence-electron chi connectivity index (χ2n) is 8.36. The molecule has 2 aliphatic carbocycles. The largest absolute Gasteiger partial charge is 0.469 e. The van der Waals surface area contributed by atoms with Crippen molar-refractivity contribution in [2.75, 3.05) is 13.2 Å². The van der Waals surface area contributed by atoms with Gasteiger partial charge in [0.25, 0.3) is 0 Å². The monoisotopic (exact) mass is 507 g/mol. The van der Waals surface area contributed by atoms with Gasteiger partial charge in [0.2, 0.25) is 0 Å². The van der Waals surface area contributed by atoms with Crippen LogP contribution in [-0.2, 0) is 17.7 Å². The molecule has 2 N–H and O–H groups in total. The predicted molar refractivity (Wildman–Crippen MR) is 124 cm³/mol. The maximum absolute atomic E-state index is 6.07. The molecule has 0 amide bonds. The fraction of sp³-hybridized carbons (Fsp3) is 0.522. The standard InChI is InChI=1S/C23H29N3O2.HI/c1-2-6-17(7-3-1)16-25-22(24-13-9-18-8-4-14-27-18)26-20-19-10-15-28-21(19)23(20)11-5-12-23;/h1-4,6-8,14,19-21H,5,9-13,15-16H2,(H2,24,25,26);1H. The van der Waals surface area contributed by atoms with E-state index >= 15 is 0 Å². The highest BCUT2D eigenvalue weighted by Gasteiger charge is 2.66. The summed E-state index contributed by atoms with van der Waals surface area (Å²) in [6, 6.07) is 14.9. The van der Waals surface area contributed by atoms with Crippen molar-refractivity contribution in [2.24, 2.45) is 16.3 Å². The lowest BCUT2D eigenvalue weighted by atomic mass is 9.46. The van der Waals surface area contributed by atoms with Crippen LogP contribution in [0, 0.1) is 11.3 Å². The van der Waals surface area contributed by atoms with Gasteiger partial charge in [0.1, 0.15) is 5.76 Å². The first-order chi connectivity index (χ1) is 13.9. The zero-order valence-electron chi connectivity index (χ0n) is 16.7. The van der Waals surface area contributed by atoms with Crippen molar-refractivity contribution >= 4 is 29.9 Å². The second kappa shape index (κ2) is 9.08. The van der Waals surface area contributed by atoms with Gasteiger partial charge in [-0.05, 0) is 37.0 Å². The normalized spacial score (nSPS) is 26.8. The number of rotatable bonds is 6. The van der Waals surface area contributed by atoms with E-state index in [-0.39, 0.29) is 24.0 Å². The molecule has 29 heavy (non-hydrogen) atoms. The molecule has 1 aromatic carbocycles. The third-order valence-corrected chi connectivity index (χ3v) is 6.83. The van der Waals surface area contributed by atoms with Gasteiger partial charge in [0, 0.05) is 36.9 Å². The van der Waals surface area contributed by atoms with Crippen molar-refractivity contribution in [3.05, 3.63) is 60.1 Å². The first-order valence-corrected chi connectivity index (χ1v) is 10.6. The minimum absolute atomic E-state index is 0. The van der Waals surface area contributed by atoms with Crippen LogP contribution in [0.1, 0.15) is 37.0 Å². The summed E-state index contributed by atoms with van der Waals surface area (Å²) in [5.74, 6) is 2.55. The second-order valence-corrected chi connectivity index (χ2v) is 8.36. The summed E-state index contributed by atoms with van der Waals surface area (Å²) in [5, 5.41) is 7.33. The van der Waals surface area contributed by atoms with Gasteiger partial charge in [0.15, 0.2) is 5.96 Å². The fourth-order valence-electron chi connectivity index (χ4n) is 5.27. The highest BCUT2D eigenvalue weighted by Crippen LogP contribution is 2.62. The van der Waals surface area contributed by atoms with Crippen molar-refractivity contribution in [1.82, 2.24) is 10.6 Å². The number of fused-ring (bicyclic) bond motifs is 2. The van der Waals surface area contributed by atoms with Crippen LogP contribution in [0.25, 0.3) is 0 Å². The average Bonchev–Trinajstić information content (AvgIpc) is 3.34. The Bertz CT molecular complexity index is 805. The van der Waals surface area contributed by atoms with Crippen LogP contribution < -0.4 is 10.6 Å². The lowest BCUT2D eigenvalue weighted by Crippen LogP contribution is -2.72. The van der Waals surface area contributed by atoms with E-state index in [0.29, 0.717) is 30.0 Å². The van der Waals surface area contributed by atoms with E-state index in [1.165, 1.54) is 31.2 Å². The van der Waals surface area contributed by atoms with Gasteiger partial charge in [0.05, 0.1) is 18.9 Å². The van der Waals surface area contributed by atoms with Gasteiger partial charge in [-0.1, -0.05) is 36.8 Å². The van der Waals surface area contributed by atoms with Gasteiger partial charge in [-0.15, -0.1) is 24.0 Å². The quantitative estimate of drug-likeness (QED) is 0.351. The van der Waals surface area contributed by atoms with Crippen LogP contribution in [0.2, 0.25) is 0 Å². The number of nitrogens with zero attached hydrogens (tertiary/aromatic N) is 1. The van der Waals surface area contributed by atoms with Crippen LogP contribution in [0.5, 0.6) is 0 Å². The Labute approximate surface area is 189 Å². The summed E-state index contributed by atoms with van der Waals surface area (Å²) < 4.78 is 11.5. The summed E-state index contributed by atoms with van der Waals surface area (Å²) >= 11 is 0. The molecule has 6 heteroatoms. The molecule has 2 heterocycles. The fourth-order valence-corrected chi connectivity index (χ4v) is 5.27. The van der Waals surface area contributed by atoms with Crippen molar-refractivity contribution in [1.29, 1.82) is 0 Å². The SMILES string of the molecule is I.c1ccc(CN=C(NCCc2ccco2)NC2C3CCOC3C23CCC3)cc1. The zero-order valence-corrected chi connectivity index (χ0v) is 19.0. The summed E-state index contributed by atoms with van der Waals surface area (Å²) in [7, 11) is 0. The Morgan fingerprint density at radius 3 is 2.72 bits per heavy atom. The topological polar surface area (TPSA) is 58.8 Å². The van der Waals surface area contributed by atoms with Gasteiger partial charge < -0.3 is 19.8 Å². The Hall–Kier alpha value is -1.54. The van der Waals surface area contributed by atoms with Gasteiger partial charge >= 0.3 is 0 Å². The van der Waals surface area contributed by atoms with Crippen LogP contribution in [0.4, 0.5) is 0 Å². The molecule has 1 aromatic heterocycles. The molecule has 3 aliphatic rings. The molecule has 1 saturated heterocycles. The lowest BCUT2D eigenvalue weighted by Gasteiger charge is -2.63. The first kappa shape index (κ1) is 20.7. The molecule has 2 saturated carbocycles. The number of aliphatic imine (C=N–C) groups is 1. The molecular formula is C23H30IN3O2. The summed E-state index contributed by atoms with van der Waals surface area (Å²) in [6.45, 7) is 2.40. The minimum atomic E-state index is 0. The van der Waals surface area contributed by atoms with E-state index in [1.54, 1.807) is 6.26 Å². The zero-order chi connectivity index (χ0) is 18.8. The van der Waals surface area contributed by atoms with E-state index < -0.39 is 0 Å². The number of ether oxygens (including phenoxy) is 1. The van der Waals surface area contributed by atoms with Crippen molar-refractivity contribution in [3.63, 3.8) is 0 Å². The molecule has 0 bridgehead atoms. The van der Waals surface area contributed by atoms with Gasteiger partial charge in [-0.25, -0.2) is 4.99 Å². The van der Waals surface area contributed by atoms with E-state index in [1.807, 2.05) is 18.2 Å². The molecule has 1 aliphatic heterocycles. The summed E-state index contributed by atoms with van der Waals surface area (Å²) in [4.78, 5) is 4.90. The number of furan rings is 1. The summed E-state index contributed by atoms with van der Waals surface area (Å²) in [6.07, 6.45) is 8.11. The highest BCUT2D eigenvalue weighted by molar-refractivity contribution is 14.0. The molecule has 2 aromatic rings. The Morgan fingerprint density at radius 2 is 2.00 bits per heavy atom. The Balaban J connectivity index is 0.00000205.